The van der Waals surface area contributed by atoms with E-state index in [2.05, 4.69) is 46.4 Å². The highest BCUT2D eigenvalue weighted by molar-refractivity contribution is 5.78. The van der Waals surface area contributed by atoms with E-state index in [1.165, 1.54) is 45.3 Å². The first-order valence-electron chi connectivity index (χ1n) is 9.12. The van der Waals surface area contributed by atoms with E-state index in [0.29, 0.717) is 11.3 Å². The zero-order chi connectivity index (χ0) is 16.8. The van der Waals surface area contributed by atoms with Crippen molar-refractivity contribution in [3.05, 3.63) is 0 Å². The van der Waals surface area contributed by atoms with Crippen molar-refractivity contribution in [3.63, 3.8) is 0 Å². The van der Waals surface area contributed by atoms with E-state index in [1.807, 2.05) is 4.90 Å². The van der Waals surface area contributed by atoms with Gasteiger partial charge in [0.2, 0.25) is 5.91 Å². The van der Waals surface area contributed by atoms with Gasteiger partial charge in [0.25, 0.3) is 0 Å². The molecule has 0 saturated carbocycles. The van der Waals surface area contributed by atoms with Gasteiger partial charge in [-0.05, 0) is 77.9 Å². The Morgan fingerprint density at radius 1 is 0.909 bits per heavy atom. The first kappa shape index (κ1) is 19.5. The van der Waals surface area contributed by atoms with E-state index in [1.54, 1.807) is 0 Å². The molecule has 2 aliphatic rings. The van der Waals surface area contributed by atoms with Gasteiger partial charge in [0.15, 0.2) is 0 Å². The molecule has 2 rings (SSSR count). The van der Waals surface area contributed by atoms with E-state index in [-0.39, 0.29) is 5.54 Å². The minimum atomic E-state index is 0.0353. The van der Waals surface area contributed by atoms with Gasteiger partial charge in [-0.25, -0.2) is 0 Å². The highest BCUT2D eigenvalue weighted by atomic mass is 16.2. The van der Waals surface area contributed by atoms with Crippen LogP contribution in [0.1, 0.15) is 80.1 Å². The first-order chi connectivity index (χ1) is 10.1. The molecule has 0 bridgehead atoms. The van der Waals surface area contributed by atoms with E-state index in [0.717, 1.165) is 19.4 Å². The predicted molar refractivity (Wildman–Crippen MR) is 95.1 cm³/mol. The lowest BCUT2D eigenvalue weighted by molar-refractivity contribution is -0.131. The quantitative estimate of drug-likeness (QED) is 0.775. The van der Waals surface area contributed by atoms with Crippen molar-refractivity contribution in [2.45, 2.75) is 85.6 Å². The second-order valence-corrected chi connectivity index (χ2v) is 9.03. The Morgan fingerprint density at radius 3 is 1.86 bits per heavy atom. The summed E-state index contributed by atoms with van der Waals surface area (Å²) in [4.78, 5) is 15.7. The first-order valence-corrected chi connectivity index (χ1v) is 9.12. The molecule has 2 fully saturated rings. The molecule has 3 nitrogen and oxygen atoms in total. The summed E-state index contributed by atoms with van der Waals surface area (Å²) in [6, 6.07) is 0. The summed E-state index contributed by atoms with van der Waals surface area (Å²) < 4.78 is 0. The van der Waals surface area contributed by atoms with Crippen molar-refractivity contribution in [1.29, 1.82) is 0 Å². The molecule has 3 heteroatoms. The molecular formula is C19H38N2O. The molecule has 0 aromatic carbocycles. The van der Waals surface area contributed by atoms with Crippen molar-refractivity contribution < 1.29 is 4.79 Å². The molecule has 0 aromatic rings. The highest BCUT2D eigenvalue weighted by Crippen LogP contribution is 2.21. The van der Waals surface area contributed by atoms with Crippen LogP contribution in [0.25, 0.3) is 0 Å². The number of hydrogen-bond acceptors (Lipinski definition) is 2. The van der Waals surface area contributed by atoms with Crippen LogP contribution in [0.4, 0.5) is 0 Å². The Hall–Kier alpha value is -0.570. The summed E-state index contributed by atoms with van der Waals surface area (Å²) in [6.45, 7) is 18.2. The summed E-state index contributed by atoms with van der Waals surface area (Å²) in [7, 11) is 0. The van der Waals surface area contributed by atoms with E-state index in [9.17, 15) is 4.79 Å². The third kappa shape index (κ3) is 7.62. The zero-order valence-corrected chi connectivity index (χ0v) is 15.9. The Bertz CT molecular complexity index is 332. The molecular weight excluding hydrogens is 272 g/mol. The monoisotopic (exact) mass is 310 g/mol. The van der Waals surface area contributed by atoms with Crippen LogP contribution in [0.5, 0.6) is 0 Å². The number of hydrogen-bond donors (Lipinski definition) is 0. The molecule has 0 radical (unpaired) electrons. The second-order valence-electron chi connectivity index (χ2n) is 9.03. The Kier molecular flexibility index (Phi) is 7.37. The van der Waals surface area contributed by atoms with Crippen LogP contribution >= 0.6 is 0 Å². The maximum Gasteiger partial charge on any atom is 0.223 e. The minimum Gasteiger partial charge on any atom is -0.338 e. The van der Waals surface area contributed by atoms with Crippen LogP contribution in [0.2, 0.25) is 0 Å². The van der Waals surface area contributed by atoms with Crippen molar-refractivity contribution in [3.8, 4) is 0 Å². The van der Waals surface area contributed by atoms with Gasteiger partial charge in [-0.3, -0.25) is 4.79 Å². The molecule has 2 saturated heterocycles. The second kappa shape index (κ2) is 8.33. The maximum atomic E-state index is 11.1. The van der Waals surface area contributed by atoms with Gasteiger partial charge in [-0.2, -0.15) is 0 Å². The van der Waals surface area contributed by atoms with Crippen LogP contribution in [-0.2, 0) is 4.79 Å². The Balaban J connectivity index is 0.000000224. The topological polar surface area (TPSA) is 23.6 Å². The fourth-order valence-corrected chi connectivity index (χ4v) is 3.20. The lowest BCUT2D eigenvalue weighted by atomic mass is 9.90. The zero-order valence-electron chi connectivity index (χ0n) is 15.9. The maximum absolute atomic E-state index is 11.1. The fraction of sp³-hybridized carbons (Fsp3) is 0.947. The number of carbonyl (C=O) groups is 1. The number of carbonyl (C=O) groups excluding carboxylic acids is 1. The molecule has 2 heterocycles. The Labute approximate surface area is 138 Å². The van der Waals surface area contributed by atoms with Crippen molar-refractivity contribution >= 4 is 5.91 Å². The van der Waals surface area contributed by atoms with E-state index in [4.69, 9.17) is 0 Å². The number of likely N-dealkylation sites (tertiary alicyclic amines) is 2. The van der Waals surface area contributed by atoms with Crippen LogP contribution in [0, 0.1) is 5.41 Å². The number of amides is 1. The highest BCUT2D eigenvalue weighted by Gasteiger charge is 2.29. The third-order valence-electron chi connectivity index (χ3n) is 4.48. The lowest BCUT2D eigenvalue weighted by Gasteiger charge is -2.31. The lowest BCUT2D eigenvalue weighted by Crippen LogP contribution is -2.41. The van der Waals surface area contributed by atoms with E-state index < -0.39 is 0 Å². The fourth-order valence-electron chi connectivity index (χ4n) is 3.20. The van der Waals surface area contributed by atoms with Gasteiger partial charge in [0, 0.05) is 18.5 Å². The van der Waals surface area contributed by atoms with Gasteiger partial charge in [0.05, 0.1) is 0 Å². The normalized spacial score (nSPS) is 20.3. The average Bonchev–Trinajstić information content (AvgIpc) is 2.98. The summed E-state index contributed by atoms with van der Waals surface area (Å²) >= 11 is 0. The van der Waals surface area contributed by atoms with Crippen LogP contribution in [0.15, 0.2) is 0 Å². The molecule has 0 aromatic heterocycles. The standard InChI is InChI=1S/C11H23N.C8H15NO/c1-11(2,3)7-6-10-12-8-4-5-9-12;1-8(2,3)9-6-4-5-7(9)10/h4-10H2,1-3H3;4-6H2,1-3H3. The van der Waals surface area contributed by atoms with Crippen molar-refractivity contribution in [2.24, 2.45) is 5.41 Å². The third-order valence-corrected chi connectivity index (χ3v) is 4.48. The summed E-state index contributed by atoms with van der Waals surface area (Å²) in [5, 5.41) is 0. The SMILES string of the molecule is CC(C)(C)CCCN1CCCC1.CC(C)(C)N1CCCC1=O. The smallest absolute Gasteiger partial charge is 0.223 e. The molecule has 1 amide bonds. The molecule has 0 aliphatic carbocycles. The molecule has 0 atom stereocenters. The average molecular weight is 311 g/mol. The summed E-state index contributed by atoms with van der Waals surface area (Å²) in [5.74, 6) is 0.313. The van der Waals surface area contributed by atoms with Crippen molar-refractivity contribution in [1.82, 2.24) is 9.80 Å². The number of nitrogens with zero attached hydrogens (tertiary/aromatic N) is 2. The van der Waals surface area contributed by atoms with Crippen molar-refractivity contribution in [2.75, 3.05) is 26.2 Å². The van der Waals surface area contributed by atoms with Gasteiger partial charge in [0.1, 0.15) is 0 Å². The molecule has 130 valence electrons. The van der Waals surface area contributed by atoms with Crippen LogP contribution < -0.4 is 0 Å². The molecule has 0 unspecified atom stereocenters. The predicted octanol–water partition coefficient (Wildman–Crippen LogP) is 4.32. The summed E-state index contributed by atoms with van der Waals surface area (Å²) in [5.41, 5.74) is 0.563. The largest absolute Gasteiger partial charge is 0.338 e. The summed E-state index contributed by atoms with van der Waals surface area (Å²) in [6.07, 6.45) is 7.38. The molecule has 2 aliphatic heterocycles. The van der Waals surface area contributed by atoms with Crippen LogP contribution in [-0.4, -0.2) is 47.4 Å². The minimum absolute atomic E-state index is 0.0353. The number of rotatable bonds is 3. The van der Waals surface area contributed by atoms with Crippen LogP contribution in [0.3, 0.4) is 0 Å². The van der Waals surface area contributed by atoms with Gasteiger partial charge in [-0.15, -0.1) is 0 Å². The molecule has 22 heavy (non-hydrogen) atoms. The van der Waals surface area contributed by atoms with E-state index >= 15 is 0 Å². The van der Waals surface area contributed by atoms with Gasteiger partial charge < -0.3 is 9.80 Å². The van der Waals surface area contributed by atoms with Gasteiger partial charge >= 0.3 is 0 Å². The van der Waals surface area contributed by atoms with Gasteiger partial charge in [-0.1, -0.05) is 20.8 Å². The molecule has 0 N–H and O–H groups in total. The Morgan fingerprint density at radius 2 is 1.50 bits per heavy atom. The molecule has 0 spiro atoms.